The number of hydrogen-bond donors (Lipinski definition) is 1. The highest BCUT2D eigenvalue weighted by Crippen LogP contribution is 2.30. The molecule has 1 atom stereocenters. The van der Waals surface area contributed by atoms with E-state index in [9.17, 15) is 4.79 Å². The van der Waals surface area contributed by atoms with Gasteiger partial charge in [0.15, 0.2) is 5.58 Å². The molecule has 1 aliphatic heterocycles. The molecule has 84 valence electrons. The average Bonchev–Trinajstić information content (AvgIpc) is 2.70. The predicted octanol–water partition coefficient (Wildman–Crippen LogP) is 2.67. The van der Waals surface area contributed by atoms with Crippen molar-refractivity contribution in [2.24, 2.45) is 0 Å². The second kappa shape index (κ2) is 4.03. The molecule has 3 nitrogen and oxygen atoms in total. The van der Waals surface area contributed by atoms with E-state index in [1.807, 2.05) is 12.1 Å². The topological polar surface area (TPSA) is 42.2 Å². The largest absolute Gasteiger partial charge is 0.414 e. The lowest BCUT2D eigenvalue weighted by atomic mass is 9.97. The van der Waals surface area contributed by atoms with E-state index in [0.717, 1.165) is 28.8 Å². The molecule has 0 radical (unpaired) electrons. The van der Waals surface area contributed by atoms with Crippen molar-refractivity contribution in [3.63, 3.8) is 0 Å². The van der Waals surface area contributed by atoms with Crippen molar-refractivity contribution in [2.75, 3.05) is 6.54 Å². The molecule has 0 bridgehead atoms. The lowest BCUT2D eigenvalue weighted by Crippen LogP contribution is -2.26. The Bertz CT molecular complexity index is 551. The first-order valence-electron chi connectivity index (χ1n) is 5.60. The van der Waals surface area contributed by atoms with Crippen molar-refractivity contribution in [1.29, 1.82) is 0 Å². The van der Waals surface area contributed by atoms with Crippen LogP contribution in [0.5, 0.6) is 0 Å². The summed E-state index contributed by atoms with van der Waals surface area (Å²) in [7, 11) is 0. The van der Waals surface area contributed by atoms with Gasteiger partial charge in [0.05, 0.1) is 4.70 Å². The summed E-state index contributed by atoms with van der Waals surface area (Å²) < 4.78 is 6.23. The molecule has 1 aromatic carbocycles. The zero-order chi connectivity index (χ0) is 11.0. The Balaban J connectivity index is 2.11. The maximum atomic E-state index is 11.3. The fourth-order valence-corrected chi connectivity index (χ4v) is 3.01. The van der Waals surface area contributed by atoms with Gasteiger partial charge in [-0.1, -0.05) is 29.9 Å². The maximum Gasteiger partial charge on any atom is 0.396 e. The monoisotopic (exact) mass is 235 g/mol. The molecule has 3 rings (SSSR count). The van der Waals surface area contributed by atoms with E-state index >= 15 is 0 Å². The van der Waals surface area contributed by atoms with Crippen molar-refractivity contribution in [3.05, 3.63) is 33.5 Å². The first-order chi connectivity index (χ1) is 7.84. The number of para-hydroxylation sites is 1. The molecular weight excluding hydrogens is 222 g/mol. The van der Waals surface area contributed by atoms with Crippen LogP contribution in [0.2, 0.25) is 0 Å². The molecule has 0 saturated carbocycles. The van der Waals surface area contributed by atoms with Gasteiger partial charge in [0.2, 0.25) is 0 Å². The Labute approximate surface area is 97.1 Å². The van der Waals surface area contributed by atoms with Crippen LogP contribution in [0.1, 0.15) is 30.9 Å². The van der Waals surface area contributed by atoms with E-state index in [0.29, 0.717) is 6.04 Å². The van der Waals surface area contributed by atoms with Crippen molar-refractivity contribution in [3.8, 4) is 0 Å². The van der Waals surface area contributed by atoms with Gasteiger partial charge in [-0.3, -0.25) is 0 Å². The highest BCUT2D eigenvalue weighted by atomic mass is 32.1. The Morgan fingerprint density at radius 2 is 2.31 bits per heavy atom. The third-order valence-electron chi connectivity index (χ3n) is 3.07. The zero-order valence-corrected chi connectivity index (χ0v) is 9.68. The molecule has 2 aromatic rings. The third-order valence-corrected chi connectivity index (χ3v) is 3.87. The third kappa shape index (κ3) is 1.68. The van der Waals surface area contributed by atoms with Gasteiger partial charge in [0, 0.05) is 11.6 Å². The minimum Gasteiger partial charge on any atom is -0.414 e. The summed E-state index contributed by atoms with van der Waals surface area (Å²) in [5.74, 6) is 0. The lowest BCUT2D eigenvalue weighted by Gasteiger charge is -2.23. The van der Waals surface area contributed by atoms with E-state index in [2.05, 4.69) is 11.4 Å². The van der Waals surface area contributed by atoms with Crippen LogP contribution in [-0.4, -0.2) is 6.54 Å². The summed E-state index contributed by atoms with van der Waals surface area (Å²) in [5.41, 5.74) is 1.91. The van der Waals surface area contributed by atoms with Crippen LogP contribution in [0.25, 0.3) is 10.3 Å². The number of rotatable bonds is 1. The Hall–Kier alpha value is -1.13. The summed E-state index contributed by atoms with van der Waals surface area (Å²) >= 11 is 1.18. The number of piperidine rings is 1. The first kappa shape index (κ1) is 10.1. The fraction of sp³-hybridized carbons (Fsp3) is 0.417. The summed E-state index contributed by atoms with van der Waals surface area (Å²) in [5, 5.41) is 3.48. The molecule has 1 saturated heterocycles. The van der Waals surface area contributed by atoms with Crippen LogP contribution in [0.3, 0.4) is 0 Å². The number of fused-ring (bicyclic) bond motifs is 1. The molecule has 4 heteroatoms. The van der Waals surface area contributed by atoms with Gasteiger partial charge in [-0.2, -0.15) is 0 Å². The second-order valence-corrected chi connectivity index (χ2v) is 5.11. The SMILES string of the molecule is O=c1oc2c(C3CCCCN3)cccc2s1. The highest BCUT2D eigenvalue weighted by Gasteiger charge is 2.19. The van der Waals surface area contributed by atoms with Crippen LogP contribution in [-0.2, 0) is 0 Å². The molecule has 0 spiro atoms. The van der Waals surface area contributed by atoms with Crippen LogP contribution in [0.15, 0.2) is 27.4 Å². The van der Waals surface area contributed by atoms with Crippen LogP contribution in [0, 0.1) is 0 Å². The Morgan fingerprint density at radius 1 is 1.38 bits per heavy atom. The van der Waals surface area contributed by atoms with Gasteiger partial charge >= 0.3 is 4.94 Å². The Morgan fingerprint density at radius 3 is 3.12 bits per heavy atom. The van der Waals surface area contributed by atoms with E-state index in [1.54, 1.807) is 0 Å². The van der Waals surface area contributed by atoms with E-state index < -0.39 is 0 Å². The average molecular weight is 235 g/mol. The molecule has 1 unspecified atom stereocenters. The highest BCUT2D eigenvalue weighted by molar-refractivity contribution is 7.16. The maximum absolute atomic E-state index is 11.3. The summed E-state index contributed by atoms with van der Waals surface area (Å²) in [4.78, 5) is 11.0. The molecule has 1 N–H and O–H groups in total. The van der Waals surface area contributed by atoms with Gasteiger partial charge in [0.25, 0.3) is 0 Å². The molecule has 0 amide bonds. The van der Waals surface area contributed by atoms with Crippen LogP contribution < -0.4 is 10.3 Å². The fourth-order valence-electron chi connectivity index (χ4n) is 2.31. The van der Waals surface area contributed by atoms with Gasteiger partial charge in [-0.05, 0) is 25.5 Å². The number of nitrogens with one attached hydrogen (secondary N) is 1. The summed E-state index contributed by atoms with van der Waals surface area (Å²) in [6.45, 7) is 1.05. The van der Waals surface area contributed by atoms with E-state index in [4.69, 9.17) is 4.42 Å². The van der Waals surface area contributed by atoms with Crippen LogP contribution >= 0.6 is 11.3 Å². The normalized spacial score (nSPS) is 21.4. The van der Waals surface area contributed by atoms with E-state index in [-0.39, 0.29) is 4.94 Å². The van der Waals surface area contributed by atoms with Gasteiger partial charge in [-0.25, -0.2) is 4.79 Å². The molecular formula is C12H13NO2S. The molecule has 0 aliphatic carbocycles. The number of hydrogen-bond acceptors (Lipinski definition) is 4. The molecule has 2 heterocycles. The van der Waals surface area contributed by atoms with Gasteiger partial charge < -0.3 is 9.73 Å². The Kier molecular flexibility index (Phi) is 2.53. The quantitative estimate of drug-likeness (QED) is 0.826. The minimum absolute atomic E-state index is 0.210. The van der Waals surface area contributed by atoms with Crippen molar-refractivity contribution in [2.45, 2.75) is 25.3 Å². The summed E-state index contributed by atoms with van der Waals surface area (Å²) in [6, 6.07) is 6.34. The smallest absolute Gasteiger partial charge is 0.396 e. The standard InChI is InChI=1S/C12H13NO2S/c14-12-15-11-8(4-3-6-10(11)16-12)9-5-1-2-7-13-9/h3-4,6,9,13H,1-2,5,7H2. The molecule has 1 fully saturated rings. The zero-order valence-electron chi connectivity index (χ0n) is 8.86. The van der Waals surface area contributed by atoms with Crippen LogP contribution in [0.4, 0.5) is 0 Å². The van der Waals surface area contributed by atoms with Gasteiger partial charge in [0.1, 0.15) is 0 Å². The van der Waals surface area contributed by atoms with E-state index in [1.165, 1.54) is 24.2 Å². The van der Waals surface area contributed by atoms with Gasteiger partial charge in [-0.15, -0.1) is 0 Å². The minimum atomic E-state index is -0.210. The van der Waals surface area contributed by atoms with Crippen molar-refractivity contribution >= 4 is 21.6 Å². The predicted molar refractivity (Wildman–Crippen MR) is 65.0 cm³/mol. The lowest BCUT2D eigenvalue weighted by molar-refractivity contribution is 0.410. The van der Waals surface area contributed by atoms with Crippen molar-refractivity contribution in [1.82, 2.24) is 5.32 Å². The molecule has 1 aliphatic rings. The van der Waals surface area contributed by atoms with Crippen molar-refractivity contribution < 1.29 is 4.42 Å². The number of benzene rings is 1. The first-order valence-corrected chi connectivity index (χ1v) is 6.42. The molecule has 16 heavy (non-hydrogen) atoms. The summed E-state index contributed by atoms with van der Waals surface area (Å²) in [6.07, 6.45) is 3.60. The second-order valence-electron chi connectivity index (χ2n) is 4.13. The molecule has 1 aromatic heterocycles.